The Morgan fingerprint density at radius 1 is 1.22 bits per heavy atom. The largest absolute Gasteiger partial charge is 0.302 e. The normalized spacial score (nSPS) is 14.3. The SMILES string of the molecule is CS(=O)(=O)c1ccc(CC(=O)Nc2nc3c(s2)CCCC3)cc1. The van der Waals surface area contributed by atoms with Crippen molar-refractivity contribution >= 4 is 32.2 Å². The zero-order valence-electron chi connectivity index (χ0n) is 12.8. The van der Waals surface area contributed by atoms with Crippen molar-refractivity contribution in [1.82, 2.24) is 4.98 Å². The predicted octanol–water partition coefficient (Wildman–Crippen LogP) is 2.61. The fraction of sp³-hybridized carbons (Fsp3) is 0.375. The lowest BCUT2D eigenvalue weighted by molar-refractivity contribution is -0.115. The van der Waals surface area contributed by atoms with Crippen LogP contribution in [0.25, 0.3) is 0 Å². The molecule has 7 heteroatoms. The van der Waals surface area contributed by atoms with Crippen LogP contribution in [0.3, 0.4) is 0 Å². The third-order valence-electron chi connectivity index (χ3n) is 3.81. The van der Waals surface area contributed by atoms with Crippen LogP contribution < -0.4 is 5.32 Å². The number of nitrogens with zero attached hydrogens (tertiary/aromatic N) is 1. The van der Waals surface area contributed by atoms with E-state index in [4.69, 9.17) is 0 Å². The molecule has 5 nitrogen and oxygen atoms in total. The van der Waals surface area contributed by atoms with Gasteiger partial charge in [-0.2, -0.15) is 0 Å². The van der Waals surface area contributed by atoms with E-state index in [2.05, 4.69) is 10.3 Å². The van der Waals surface area contributed by atoms with Crippen LogP contribution in [0, 0.1) is 0 Å². The Kier molecular flexibility index (Phi) is 4.50. The summed E-state index contributed by atoms with van der Waals surface area (Å²) < 4.78 is 22.8. The first-order chi connectivity index (χ1) is 10.9. The first-order valence-corrected chi connectivity index (χ1v) is 10.2. The Balaban J connectivity index is 1.64. The number of hydrogen-bond acceptors (Lipinski definition) is 5. The zero-order chi connectivity index (χ0) is 16.4. The fourth-order valence-electron chi connectivity index (χ4n) is 2.61. The number of aryl methyl sites for hydroxylation is 2. The highest BCUT2D eigenvalue weighted by Gasteiger charge is 2.16. The fourth-order valence-corrected chi connectivity index (χ4v) is 4.31. The van der Waals surface area contributed by atoms with Crippen molar-refractivity contribution < 1.29 is 13.2 Å². The molecule has 122 valence electrons. The number of rotatable bonds is 4. The summed E-state index contributed by atoms with van der Waals surface area (Å²) in [4.78, 5) is 18.1. The zero-order valence-corrected chi connectivity index (χ0v) is 14.5. The van der Waals surface area contributed by atoms with E-state index in [1.165, 1.54) is 29.7 Å². The van der Waals surface area contributed by atoms with Crippen molar-refractivity contribution in [1.29, 1.82) is 0 Å². The monoisotopic (exact) mass is 350 g/mol. The topological polar surface area (TPSA) is 76.1 Å². The minimum absolute atomic E-state index is 0.136. The molecule has 1 N–H and O–H groups in total. The molecule has 1 heterocycles. The van der Waals surface area contributed by atoms with Crippen molar-refractivity contribution in [3.05, 3.63) is 40.4 Å². The molecule has 0 aliphatic heterocycles. The smallest absolute Gasteiger partial charge is 0.230 e. The lowest BCUT2D eigenvalue weighted by Gasteiger charge is -2.06. The number of anilines is 1. The number of hydrogen-bond donors (Lipinski definition) is 1. The van der Waals surface area contributed by atoms with Gasteiger partial charge in [0, 0.05) is 11.1 Å². The number of benzene rings is 1. The Labute approximate surface area is 139 Å². The average molecular weight is 350 g/mol. The summed E-state index contributed by atoms with van der Waals surface area (Å²) in [6.07, 6.45) is 5.77. The standard InChI is InChI=1S/C16H18N2O3S2/c1-23(20,21)12-8-6-11(7-9-12)10-15(19)18-16-17-13-4-2-3-5-14(13)22-16/h6-9H,2-5,10H2,1H3,(H,17,18,19). The Morgan fingerprint density at radius 2 is 1.91 bits per heavy atom. The highest BCUT2D eigenvalue weighted by Crippen LogP contribution is 2.29. The van der Waals surface area contributed by atoms with Crippen LogP contribution in [0.2, 0.25) is 0 Å². The van der Waals surface area contributed by atoms with E-state index in [-0.39, 0.29) is 17.2 Å². The van der Waals surface area contributed by atoms with E-state index in [9.17, 15) is 13.2 Å². The predicted molar refractivity (Wildman–Crippen MR) is 90.6 cm³/mol. The molecule has 1 amide bonds. The molecular formula is C16H18N2O3S2. The maximum atomic E-state index is 12.1. The second-order valence-corrected chi connectivity index (χ2v) is 8.84. The molecule has 3 rings (SSSR count). The third-order valence-corrected chi connectivity index (χ3v) is 6.01. The van der Waals surface area contributed by atoms with Gasteiger partial charge in [-0.25, -0.2) is 13.4 Å². The highest BCUT2D eigenvalue weighted by atomic mass is 32.2. The van der Waals surface area contributed by atoms with Gasteiger partial charge >= 0.3 is 0 Å². The van der Waals surface area contributed by atoms with Crippen LogP contribution in [-0.4, -0.2) is 25.6 Å². The molecule has 0 unspecified atom stereocenters. The quantitative estimate of drug-likeness (QED) is 0.919. The van der Waals surface area contributed by atoms with Crippen LogP contribution >= 0.6 is 11.3 Å². The maximum Gasteiger partial charge on any atom is 0.230 e. The molecule has 0 atom stereocenters. The van der Waals surface area contributed by atoms with Crippen molar-refractivity contribution in [3.63, 3.8) is 0 Å². The van der Waals surface area contributed by atoms with Gasteiger partial charge in [-0.15, -0.1) is 11.3 Å². The first kappa shape index (κ1) is 16.1. The summed E-state index contributed by atoms with van der Waals surface area (Å²) in [5.41, 5.74) is 1.89. The van der Waals surface area contributed by atoms with Crippen molar-refractivity contribution in [2.24, 2.45) is 0 Å². The maximum absolute atomic E-state index is 12.1. The van der Waals surface area contributed by atoms with E-state index in [0.717, 1.165) is 30.5 Å². The molecular weight excluding hydrogens is 332 g/mol. The molecule has 0 saturated carbocycles. The van der Waals surface area contributed by atoms with Crippen molar-refractivity contribution in [2.45, 2.75) is 37.0 Å². The molecule has 1 aromatic carbocycles. The molecule has 1 aliphatic carbocycles. The number of aromatic nitrogens is 1. The van der Waals surface area contributed by atoms with Gasteiger partial charge in [-0.1, -0.05) is 12.1 Å². The average Bonchev–Trinajstić information content (AvgIpc) is 2.88. The van der Waals surface area contributed by atoms with E-state index in [1.54, 1.807) is 23.5 Å². The van der Waals surface area contributed by atoms with Crippen LogP contribution in [0.1, 0.15) is 29.0 Å². The van der Waals surface area contributed by atoms with Gasteiger partial charge in [0.05, 0.1) is 17.0 Å². The Bertz CT molecular complexity index is 800. The van der Waals surface area contributed by atoms with Crippen molar-refractivity contribution in [3.8, 4) is 0 Å². The molecule has 0 fully saturated rings. The molecule has 0 spiro atoms. The van der Waals surface area contributed by atoms with Crippen LogP contribution in [0.4, 0.5) is 5.13 Å². The molecule has 0 bridgehead atoms. The Hall–Kier alpha value is -1.73. The summed E-state index contributed by atoms with van der Waals surface area (Å²) in [5, 5.41) is 3.50. The van der Waals surface area contributed by atoms with Gasteiger partial charge < -0.3 is 5.32 Å². The summed E-state index contributed by atoms with van der Waals surface area (Å²) in [6, 6.07) is 6.39. The van der Waals surface area contributed by atoms with Crippen LogP contribution in [0.5, 0.6) is 0 Å². The lowest BCUT2D eigenvalue weighted by atomic mass is 10.0. The second kappa shape index (κ2) is 6.41. The van der Waals surface area contributed by atoms with Gasteiger partial charge in [0.25, 0.3) is 0 Å². The number of carbonyl (C=O) groups excluding carboxylic acids is 1. The van der Waals surface area contributed by atoms with Crippen LogP contribution in [0.15, 0.2) is 29.2 Å². The molecule has 1 aromatic heterocycles. The minimum atomic E-state index is -3.21. The number of nitrogens with one attached hydrogen (secondary N) is 1. The van der Waals surface area contributed by atoms with E-state index in [0.29, 0.717) is 5.13 Å². The van der Waals surface area contributed by atoms with Gasteiger partial charge in [-0.3, -0.25) is 4.79 Å². The number of carbonyl (C=O) groups is 1. The first-order valence-electron chi connectivity index (χ1n) is 7.49. The molecule has 0 radical (unpaired) electrons. The molecule has 0 saturated heterocycles. The van der Waals surface area contributed by atoms with Gasteiger partial charge in [0.1, 0.15) is 0 Å². The number of amides is 1. The molecule has 1 aliphatic rings. The van der Waals surface area contributed by atoms with Gasteiger partial charge in [0.15, 0.2) is 15.0 Å². The summed E-state index contributed by atoms with van der Waals surface area (Å²) in [6.45, 7) is 0. The Morgan fingerprint density at radius 3 is 2.57 bits per heavy atom. The molecule has 2 aromatic rings. The lowest BCUT2D eigenvalue weighted by Crippen LogP contribution is -2.14. The summed E-state index contributed by atoms with van der Waals surface area (Å²) in [7, 11) is -3.21. The third kappa shape index (κ3) is 3.97. The van der Waals surface area contributed by atoms with Crippen LogP contribution in [-0.2, 0) is 33.9 Å². The van der Waals surface area contributed by atoms with E-state index >= 15 is 0 Å². The number of sulfone groups is 1. The minimum Gasteiger partial charge on any atom is -0.302 e. The summed E-state index contributed by atoms with van der Waals surface area (Å²) in [5.74, 6) is -0.136. The molecule has 23 heavy (non-hydrogen) atoms. The van der Waals surface area contributed by atoms with E-state index in [1.807, 2.05) is 0 Å². The second-order valence-electron chi connectivity index (χ2n) is 5.74. The number of thiazole rings is 1. The summed E-state index contributed by atoms with van der Waals surface area (Å²) >= 11 is 1.56. The number of fused-ring (bicyclic) bond motifs is 1. The van der Waals surface area contributed by atoms with E-state index < -0.39 is 9.84 Å². The highest BCUT2D eigenvalue weighted by molar-refractivity contribution is 7.90. The van der Waals surface area contributed by atoms with Crippen molar-refractivity contribution in [2.75, 3.05) is 11.6 Å². The van der Waals surface area contributed by atoms with Gasteiger partial charge in [0.2, 0.25) is 5.91 Å². The van der Waals surface area contributed by atoms with Gasteiger partial charge in [-0.05, 0) is 43.4 Å².